The second-order valence-corrected chi connectivity index (χ2v) is 8.54. The fourth-order valence-corrected chi connectivity index (χ4v) is 4.43. The summed E-state index contributed by atoms with van der Waals surface area (Å²) in [4.78, 5) is 26.7. The summed E-state index contributed by atoms with van der Waals surface area (Å²) < 4.78 is 5.85. The molecule has 2 aromatic carbocycles. The Hall–Kier alpha value is -3.29. The number of carbonyl (C=O) groups is 1. The van der Waals surface area contributed by atoms with E-state index in [1.165, 1.54) is 10.9 Å². The smallest absolute Gasteiger partial charge is 0.238 e. The number of nitrogens with one attached hydrogen (secondary N) is 2. The van der Waals surface area contributed by atoms with Gasteiger partial charge < -0.3 is 15.0 Å². The van der Waals surface area contributed by atoms with Gasteiger partial charge in [0.25, 0.3) is 0 Å². The molecule has 1 fully saturated rings. The van der Waals surface area contributed by atoms with E-state index < -0.39 is 0 Å². The number of anilines is 1. The quantitative estimate of drug-likeness (QED) is 0.507. The molecular weight excluding hydrogens is 402 g/mol. The molecule has 1 aliphatic heterocycles. The zero-order valence-corrected chi connectivity index (χ0v) is 18.2. The average molecular weight is 430 g/mol. The van der Waals surface area contributed by atoms with Crippen molar-refractivity contribution in [3.05, 3.63) is 66.2 Å². The van der Waals surface area contributed by atoms with Gasteiger partial charge in [-0.15, -0.1) is 0 Å². The Bertz CT molecular complexity index is 1250. The van der Waals surface area contributed by atoms with Crippen molar-refractivity contribution in [2.24, 2.45) is 5.92 Å². The summed E-state index contributed by atoms with van der Waals surface area (Å²) in [5, 5.41) is 5.37. The highest BCUT2D eigenvalue weighted by Crippen LogP contribution is 2.20. The number of nitrogens with zero attached hydrogens (tertiary/aromatic N) is 3. The highest BCUT2D eigenvalue weighted by molar-refractivity contribution is 5.94. The molecule has 32 heavy (non-hydrogen) atoms. The lowest BCUT2D eigenvalue weighted by molar-refractivity contribution is -0.117. The number of hydrogen-bond acceptors (Lipinski definition) is 5. The molecule has 0 unspecified atom stereocenters. The van der Waals surface area contributed by atoms with Gasteiger partial charge >= 0.3 is 0 Å². The summed E-state index contributed by atoms with van der Waals surface area (Å²) >= 11 is 0. The van der Waals surface area contributed by atoms with Crippen molar-refractivity contribution in [3.8, 4) is 0 Å². The van der Waals surface area contributed by atoms with E-state index in [2.05, 4.69) is 43.4 Å². The second-order valence-electron chi connectivity index (χ2n) is 8.54. The number of ether oxygens (including phenoxy) is 1. The maximum absolute atomic E-state index is 12.7. The van der Waals surface area contributed by atoms with Crippen molar-refractivity contribution in [1.82, 2.24) is 19.9 Å². The van der Waals surface area contributed by atoms with Crippen LogP contribution in [0.4, 0.5) is 5.69 Å². The number of benzene rings is 2. The van der Waals surface area contributed by atoms with E-state index in [4.69, 9.17) is 4.74 Å². The van der Waals surface area contributed by atoms with Gasteiger partial charge in [-0.2, -0.15) is 0 Å². The summed E-state index contributed by atoms with van der Waals surface area (Å²) in [5.74, 6) is 1.18. The van der Waals surface area contributed by atoms with E-state index in [9.17, 15) is 4.79 Å². The topological polar surface area (TPSA) is 83.1 Å². The highest BCUT2D eigenvalue weighted by atomic mass is 16.5. The molecule has 1 saturated heterocycles. The van der Waals surface area contributed by atoms with Gasteiger partial charge in [0.15, 0.2) is 0 Å². The van der Waals surface area contributed by atoms with Crippen LogP contribution in [-0.4, -0.2) is 58.6 Å². The molecule has 0 aliphatic carbocycles. The summed E-state index contributed by atoms with van der Waals surface area (Å²) in [7, 11) is 0. The largest absolute Gasteiger partial charge is 0.380 e. The zero-order chi connectivity index (χ0) is 21.9. The average Bonchev–Trinajstić information content (AvgIpc) is 3.01. The molecule has 5 rings (SSSR count). The lowest BCUT2D eigenvalue weighted by Crippen LogP contribution is -2.37. The fraction of sp³-hybridized carbons (Fsp3) is 0.320. The normalized spacial score (nSPS) is 17.5. The molecule has 0 spiro atoms. The van der Waals surface area contributed by atoms with Crippen LogP contribution in [0.1, 0.15) is 11.4 Å². The molecule has 4 aromatic rings. The lowest BCUT2D eigenvalue weighted by Gasteiger charge is -2.23. The minimum absolute atomic E-state index is 0.0157. The van der Waals surface area contributed by atoms with Gasteiger partial charge in [-0.05, 0) is 60.5 Å². The molecule has 0 radical (unpaired) electrons. The van der Waals surface area contributed by atoms with Crippen LogP contribution in [0.2, 0.25) is 0 Å². The van der Waals surface area contributed by atoms with Gasteiger partial charge in [-0.3, -0.25) is 14.7 Å². The molecule has 164 valence electrons. The Morgan fingerprint density at radius 3 is 3.09 bits per heavy atom. The Balaban J connectivity index is 1.21. The molecule has 3 heterocycles. The summed E-state index contributed by atoms with van der Waals surface area (Å²) in [6.45, 7) is 5.21. The third-order valence-electron chi connectivity index (χ3n) is 5.90. The zero-order valence-electron chi connectivity index (χ0n) is 18.2. The van der Waals surface area contributed by atoms with Crippen LogP contribution in [-0.2, 0) is 16.0 Å². The number of carbonyl (C=O) groups excluding carboxylic acids is 1. The number of hydrogen-bond donors (Lipinski definition) is 2. The first-order chi connectivity index (χ1) is 15.6. The van der Waals surface area contributed by atoms with Gasteiger partial charge in [0, 0.05) is 36.6 Å². The third kappa shape index (κ3) is 4.79. The van der Waals surface area contributed by atoms with Gasteiger partial charge in [-0.25, -0.2) is 4.98 Å². The Morgan fingerprint density at radius 2 is 2.16 bits per heavy atom. The molecular formula is C25H27N5O2. The number of imidazole rings is 1. The summed E-state index contributed by atoms with van der Waals surface area (Å²) in [6, 6.07) is 14.3. The van der Waals surface area contributed by atoms with Crippen LogP contribution in [0.3, 0.4) is 0 Å². The summed E-state index contributed by atoms with van der Waals surface area (Å²) in [6.07, 6.45) is 4.64. The number of rotatable bonds is 5. The van der Waals surface area contributed by atoms with Crippen molar-refractivity contribution in [1.29, 1.82) is 0 Å². The Labute approximate surface area is 186 Å². The minimum atomic E-state index is -0.0157. The van der Waals surface area contributed by atoms with Crippen LogP contribution in [0.5, 0.6) is 0 Å². The molecule has 2 aromatic heterocycles. The lowest BCUT2D eigenvalue weighted by atomic mass is 9.98. The molecule has 2 N–H and O–H groups in total. The van der Waals surface area contributed by atoms with E-state index in [0.717, 1.165) is 47.4 Å². The number of aryl methyl sites for hydroxylation is 1. The van der Waals surface area contributed by atoms with Crippen molar-refractivity contribution in [2.45, 2.75) is 13.3 Å². The van der Waals surface area contributed by atoms with E-state index in [-0.39, 0.29) is 5.91 Å². The van der Waals surface area contributed by atoms with Crippen molar-refractivity contribution in [3.63, 3.8) is 0 Å². The van der Waals surface area contributed by atoms with Crippen LogP contribution < -0.4 is 5.32 Å². The monoisotopic (exact) mass is 429 g/mol. The van der Waals surface area contributed by atoms with Crippen LogP contribution in [0.25, 0.3) is 21.8 Å². The predicted molar refractivity (Wildman–Crippen MR) is 126 cm³/mol. The van der Waals surface area contributed by atoms with Gasteiger partial charge in [0.1, 0.15) is 5.82 Å². The van der Waals surface area contributed by atoms with E-state index >= 15 is 0 Å². The molecule has 7 nitrogen and oxygen atoms in total. The molecule has 7 heteroatoms. The second kappa shape index (κ2) is 9.06. The summed E-state index contributed by atoms with van der Waals surface area (Å²) in [5.41, 5.74) is 3.87. The predicted octanol–water partition coefficient (Wildman–Crippen LogP) is 3.55. The minimum Gasteiger partial charge on any atom is -0.380 e. The maximum atomic E-state index is 12.7. The first-order valence-electron chi connectivity index (χ1n) is 11.0. The van der Waals surface area contributed by atoms with Crippen molar-refractivity contribution in [2.75, 3.05) is 38.2 Å². The highest BCUT2D eigenvalue weighted by Gasteiger charge is 2.21. The van der Waals surface area contributed by atoms with Gasteiger partial charge in [0.05, 0.1) is 30.8 Å². The number of amides is 1. The number of pyridine rings is 1. The molecule has 1 aliphatic rings. The fourth-order valence-electron chi connectivity index (χ4n) is 4.43. The SMILES string of the molecule is Cc1nc2ccc(NC(=O)CN3CCOC[C@@H](Cc4ccc5ccncc5c4)C3)cc2[nH]1. The van der Waals surface area contributed by atoms with Crippen molar-refractivity contribution >= 4 is 33.4 Å². The first kappa shape index (κ1) is 20.6. The van der Waals surface area contributed by atoms with E-state index in [1.807, 2.05) is 43.6 Å². The van der Waals surface area contributed by atoms with Crippen LogP contribution in [0, 0.1) is 12.8 Å². The number of aromatic nitrogens is 3. The maximum Gasteiger partial charge on any atom is 0.238 e. The van der Waals surface area contributed by atoms with E-state index in [0.29, 0.717) is 25.7 Å². The van der Waals surface area contributed by atoms with Gasteiger partial charge in [-0.1, -0.05) is 12.1 Å². The number of aromatic amines is 1. The Morgan fingerprint density at radius 1 is 1.22 bits per heavy atom. The number of H-pyrrole nitrogens is 1. The van der Waals surface area contributed by atoms with E-state index in [1.54, 1.807) is 0 Å². The van der Waals surface area contributed by atoms with Crippen LogP contribution in [0.15, 0.2) is 54.9 Å². The molecule has 1 atom stereocenters. The molecule has 1 amide bonds. The molecule has 0 saturated carbocycles. The third-order valence-corrected chi connectivity index (χ3v) is 5.90. The first-order valence-corrected chi connectivity index (χ1v) is 11.0. The Kier molecular flexibility index (Phi) is 5.83. The van der Waals surface area contributed by atoms with Crippen molar-refractivity contribution < 1.29 is 9.53 Å². The number of fused-ring (bicyclic) bond motifs is 2. The molecule has 0 bridgehead atoms. The van der Waals surface area contributed by atoms with Crippen LogP contribution >= 0.6 is 0 Å². The van der Waals surface area contributed by atoms with Gasteiger partial charge in [0.2, 0.25) is 5.91 Å². The standard InChI is InChI=1S/C25H27N5O2/c1-17-27-23-5-4-22(12-24(23)28-17)29-25(31)15-30-8-9-32-16-19(14-30)10-18-2-3-20-6-7-26-13-21(20)11-18/h2-7,11-13,19H,8-10,14-16H2,1H3,(H,27,28)(H,29,31)/t19-/m0/s1.